The lowest BCUT2D eigenvalue weighted by molar-refractivity contribution is -0.132. The summed E-state index contributed by atoms with van der Waals surface area (Å²) in [4.78, 5) is 14.6. The van der Waals surface area contributed by atoms with Gasteiger partial charge in [-0.05, 0) is 37.8 Å². The smallest absolute Gasteiger partial charge is 0.227 e. The van der Waals surface area contributed by atoms with Gasteiger partial charge in [0, 0.05) is 26.2 Å². The van der Waals surface area contributed by atoms with E-state index in [-0.39, 0.29) is 11.3 Å². The van der Waals surface area contributed by atoms with Gasteiger partial charge < -0.3 is 15.0 Å². The number of carbonyl (C=O) groups excluding carboxylic acids is 1. The summed E-state index contributed by atoms with van der Waals surface area (Å²) >= 11 is 0. The Bertz CT molecular complexity index is 491. The topological polar surface area (TPSA) is 41.6 Å². The van der Waals surface area contributed by atoms with Gasteiger partial charge in [0.05, 0.1) is 12.0 Å². The van der Waals surface area contributed by atoms with E-state index in [1.54, 1.807) is 0 Å². The van der Waals surface area contributed by atoms with Gasteiger partial charge in [0.25, 0.3) is 0 Å². The van der Waals surface area contributed by atoms with E-state index >= 15 is 0 Å². The number of piperidine rings is 1. The maximum atomic E-state index is 12.1. The van der Waals surface area contributed by atoms with Crippen molar-refractivity contribution in [3.63, 3.8) is 0 Å². The lowest BCUT2D eigenvalue weighted by Crippen LogP contribution is -2.47. The first-order chi connectivity index (χ1) is 10.8. The van der Waals surface area contributed by atoms with Crippen LogP contribution in [-0.4, -0.2) is 43.6 Å². The first-order valence-corrected chi connectivity index (χ1v) is 8.41. The number of hydrogen-bond acceptors (Lipinski definition) is 3. The fourth-order valence-corrected chi connectivity index (χ4v) is 3.62. The summed E-state index contributed by atoms with van der Waals surface area (Å²) in [6, 6.07) is 10.3. The van der Waals surface area contributed by atoms with Crippen LogP contribution in [0.15, 0.2) is 30.3 Å². The van der Waals surface area contributed by atoms with Crippen molar-refractivity contribution in [2.45, 2.75) is 32.3 Å². The molecule has 0 saturated carbocycles. The Hall–Kier alpha value is -1.39. The summed E-state index contributed by atoms with van der Waals surface area (Å²) in [6.45, 7) is 5.33. The number of rotatable bonds is 6. The highest BCUT2D eigenvalue weighted by atomic mass is 16.5. The van der Waals surface area contributed by atoms with Crippen molar-refractivity contribution in [3.05, 3.63) is 35.9 Å². The van der Waals surface area contributed by atoms with Crippen LogP contribution in [0.1, 0.15) is 31.2 Å². The summed E-state index contributed by atoms with van der Waals surface area (Å²) in [5.41, 5.74) is 1.13. The van der Waals surface area contributed by atoms with Gasteiger partial charge >= 0.3 is 0 Å². The molecule has 1 N–H and O–H groups in total. The van der Waals surface area contributed by atoms with Crippen molar-refractivity contribution in [2.24, 2.45) is 5.41 Å². The van der Waals surface area contributed by atoms with Gasteiger partial charge in [-0.25, -0.2) is 0 Å². The molecule has 22 heavy (non-hydrogen) atoms. The Morgan fingerprint density at radius 2 is 2.09 bits per heavy atom. The predicted octanol–water partition coefficient (Wildman–Crippen LogP) is 2.20. The van der Waals surface area contributed by atoms with E-state index in [1.807, 2.05) is 18.2 Å². The number of amides is 1. The third-order valence-corrected chi connectivity index (χ3v) is 4.91. The number of benzene rings is 1. The quantitative estimate of drug-likeness (QED) is 0.819. The minimum atomic E-state index is -0.0941. The zero-order chi connectivity index (χ0) is 15.3. The van der Waals surface area contributed by atoms with Crippen molar-refractivity contribution >= 4 is 5.91 Å². The minimum absolute atomic E-state index is 0.0941. The Labute approximate surface area is 132 Å². The van der Waals surface area contributed by atoms with Gasteiger partial charge in [-0.3, -0.25) is 4.79 Å². The highest BCUT2D eigenvalue weighted by molar-refractivity contribution is 5.83. The second-order valence-electron chi connectivity index (χ2n) is 6.56. The van der Waals surface area contributed by atoms with E-state index in [4.69, 9.17) is 4.74 Å². The van der Waals surface area contributed by atoms with Crippen molar-refractivity contribution < 1.29 is 9.53 Å². The van der Waals surface area contributed by atoms with Crippen molar-refractivity contribution in [1.29, 1.82) is 0 Å². The highest BCUT2D eigenvalue weighted by Crippen LogP contribution is 2.37. The van der Waals surface area contributed by atoms with Crippen LogP contribution in [0.3, 0.4) is 0 Å². The molecule has 3 rings (SSSR count). The fraction of sp³-hybridized carbons (Fsp3) is 0.611. The molecule has 1 atom stereocenters. The second-order valence-corrected chi connectivity index (χ2v) is 6.56. The Morgan fingerprint density at radius 3 is 2.91 bits per heavy atom. The molecule has 4 heteroatoms. The van der Waals surface area contributed by atoms with Gasteiger partial charge in [-0.15, -0.1) is 0 Å². The SMILES string of the molecule is O=C1NCCCC12CCN(CCCOCc1ccccc1)C2. The summed E-state index contributed by atoms with van der Waals surface area (Å²) in [5, 5.41) is 3.04. The van der Waals surface area contributed by atoms with Crippen LogP contribution in [0.2, 0.25) is 0 Å². The first-order valence-electron chi connectivity index (χ1n) is 8.41. The standard InChI is InChI=1S/C18H26N2O2/c21-17-18(8-4-10-19-17)9-12-20(15-18)11-5-13-22-14-16-6-2-1-3-7-16/h1-3,6-7H,4-5,8-15H2,(H,19,21). The van der Waals surface area contributed by atoms with Crippen LogP contribution < -0.4 is 5.32 Å². The summed E-state index contributed by atoms with van der Waals surface area (Å²) in [6.07, 6.45) is 4.23. The molecule has 2 aliphatic heterocycles. The Kier molecular flexibility index (Phi) is 5.11. The van der Waals surface area contributed by atoms with Crippen molar-refractivity contribution in [3.8, 4) is 0 Å². The van der Waals surface area contributed by atoms with E-state index in [1.165, 1.54) is 5.56 Å². The highest BCUT2D eigenvalue weighted by Gasteiger charge is 2.45. The molecule has 1 aromatic rings. The average molecular weight is 302 g/mol. The summed E-state index contributed by atoms with van der Waals surface area (Å²) in [5.74, 6) is 0.279. The first kappa shape index (κ1) is 15.5. The van der Waals surface area contributed by atoms with Gasteiger partial charge in [0.2, 0.25) is 5.91 Å². The van der Waals surface area contributed by atoms with E-state index < -0.39 is 0 Å². The zero-order valence-electron chi connectivity index (χ0n) is 13.2. The molecule has 1 aromatic carbocycles. The van der Waals surface area contributed by atoms with Gasteiger partial charge in [-0.2, -0.15) is 0 Å². The van der Waals surface area contributed by atoms with Crippen LogP contribution in [0.25, 0.3) is 0 Å². The molecule has 0 aliphatic carbocycles. The number of hydrogen-bond donors (Lipinski definition) is 1. The van der Waals surface area contributed by atoms with Gasteiger partial charge in [0.15, 0.2) is 0 Å². The molecule has 1 amide bonds. The molecule has 0 bridgehead atoms. The molecule has 2 aliphatic rings. The Balaban J connectivity index is 1.34. The fourth-order valence-electron chi connectivity index (χ4n) is 3.62. The van der Waals surface area contributed by atoms with Crippen molar-refractivity contribution in [1.82, 2.24) is 10.2 Å². The normalized spacial score (nSPS) is 25.5. The molecule has 4 nitrogen and oxygen atoms in total. The van der Waals surface area contributed by atoms with E-state index in [9.17, 15) is 4.79 Å². The maximum absolute atomic E-state index is 12.1. The molecule has 2 heterocycles. The van der Waals surface area contributed by atoms with Crippen molar-refractivity contribution in [2.75, 3.05) is 32.8 Å². The summed E-state index contributed by atoms with van der Waals surface area (Å²) < 4.78 is 5.73. The molecule has 2 saturated heterocycles. The predicted molar refractivity (Wildman–Crippen MR) is 86.4 cm³/mol. The molecule has 120 valence electrons. The second kappa shape index (κ2) is 7.25. The van der Waals surface area contributed by atoms with Crippen LogP contribution in [0, 0.1) is 5.41 Å². The Morgan fingerprint density at radius 1 is 1.23 bits per heavy atom. The third-order valence-electron chi connectivity index (χ3n) is 4.91. The van der Waals surface area contributed by atoms with Crippen LogP contribution in [0.4, 0.5) is 0 Å². The molecular weight excluding hydrogens is 276 g/mol. The molecule has 1 unspecified atom stereocenters. The number of carbonyl (C=O) groups is 1. The van der Waals surface area contributed by atoms with Gasteiger partial charge in [-0.1, -0.05) is 30.3 Å². The number of likely N-dealkylation sites (tertiary alicyclic amines) is 1. The molecule has 0 radical (unpaired) electrons. The molecular formula is C18H26N2O2. The molecule has 1 spiro atoms. The molecule has 2 fully saturated rings. The van der Waals surface area contributed by atoms with E-state index in [0.717, 1.165) is 58.5 Å². The minimum Gasteiger partial charge on any atom is -0.377 e. The van der Waals surface area contributed by atoms with Gasteiger partial charge in [0.1, 0.15) is 0 Å². The number of nitrogens with zero attached hydrogens (tertiary/aromatic N) is 1. The summed E-state index contributed by atoms with van der Waals surface area (Å²) in [7, 11) is 0. The van der Waals surface area contributed by atoms with E-state index in [2.05, 4.69) is 22.3 Å². The van der Waals surface area contributed by atoms with Crippen LogP contribution in [-0.2, 0) is 16.1 Å². The molecule has 0 aromatic heterocycles. The maximum Gasteiger partial charge on any atom is 0.227 e. The average Bonchev–Trinajstić information content (AvgIpc) is 2.95. The largest absolute Gasteiger partial charge is 0.377 e. The van der Waals surface area contributed by atoms with E-state index in [0.29, 0.717) is 6.61 Å². The number of nitrogens with one attached hydrogen (secondary N) is 1. The van der Waals surface area contributed by atoms with Crippen LogP contribution in [0.5, 0.6) is 0 Å². The monoisotopic (exact) mass is 302 g/mol. The lowest BCUT2D eigenvalue weighted by atomic mass is 9.79. The zero-order valence-corrected chi connectivity index (χ0v) is 13.2. The third kappa shape index (κ3) is 3.68. The lowest BCUT2D eigenvalue weighted by Gasteiger charge is -2.32. The van der Waals surface area contributed by atoms with Crippen LogP contribution >= 0.6 is 0 Å². The number of ether oxygens (including phenoxy) is 1.